The summed E-state index contributed by atoms with van der Waals surface area (Å²) in [6.07, 6.45) is -2.72. The Labute approximate surface area is 231 Å². The fourth-order valence-corrected chi connectivity index (χ4v) is 5.29. The first-order valence-electron chi connectivity index (χ1n) is 12.6. The van der Waals surface area contributed by atoms with Gasteiger partial charge in [0.2, 0.25) is 0 Å². The van der Waals surface area contributed by atoms with Crippen molar-refractivity contribution in [3.63, 3.8) is 0 Å². The molecule has 1 fully saturated rings. The molecular weight excluding hydrogens is 552 g/mol. The first-order valence-corrected chi connectivity index (χ1v) is 12.6. The number of amidine groups is 2. The highest BCUT2D eigenvalue weighted by Crippen LogP contribution is 2.42. The van der Waals surface area contributed by atoms with E-state index in [1.165, 1.54) is 18.2 Å². The van der Waals surface area contributed by atoms with Crippen LogP contribution in [0.3, 0.4) is 0 Å². The average molecular weight is 576 g/mol. The SMILES string of the molecule is CC12CC(c3nc#ccc3C(F)(F)F)=CC=C1C(Nc1ccc(C(F)(F)F)cc1)=NC(CN1CCC[C@H]1C(=O)O)=N2. The smallest absolute Gasteiger partial charge is 0.419 e. The molecule has 2 atom stereocenters. The van der Waals surface area contributed by atoms with Crippen LogP contribution in [0.4, 0.5) is 32.0 Å². The zero-order valence-electron chi connectivity index (χ0n) is 21.6. The molecule has 0 bridgehead atoms. The zero-order chi connectivity index (χ0) is 29.6. The van der Waals surface area contributed by atoms with Crippen LogP contribution in [0.1, 0.15) is 43.0 Å². The predicted molar refractivity (Wildman–Crippen MR) is 138 cm³/mol. The molecule has 2 aromatic rings. The normalized spacial score (nSPS) is 23.0. The van der Waals surface area contributed by atoms with Crippen LogP contribution in [0.5, 0.6) is 0 Å². The van der Waals surface area contributed by atoms with Crippen molar-refractivity contribution in [1.29, 1.82) is 0 Å². The van der Waals surface area contributed by atoms with Gasteiger partial charge in [0, 0.05) is 29.9 Å². The Morgan fingerprint density at radius 2 is 1.88 bits per heavy atom. The zero-order valence-corrected chi connectivity index (χ0v) is 21.6. The maximum Gasteiger partial charge on any atom is 0.419 e. The van der Waals surface area contributed by atoms with E-state index in [0.717, 1.165) is 18.2 Å². The quantitative estimate of drug-likeness (QED) is 0.449. The fraction of sp³-hybridized carbons (Fsp3) is 0.357. The number of carboxylic acid groups (broad SMARTS) is 1. The molecule has 1 unspecified atom stereocenters. The van der Waals surface area contributed by atoms with Crippen LogP contribution in [0.25, 0.3) is 5.57 Å². The Kier molecular flexibility index (Phi) is 7.15. The molecular formula is C28H23F6N5O2. The molecule has 13 heteroatoms. The van der Waals surface area contributed by atoms with Crippen molar-refractivity contribution < 1.29 is 36.2 Å². The highest BCUT2D eigenvalue weighted by molar-refractivity contribution is 6.17. The standard InChI is InChI=1S/C28H23F6N5O2/c1-26-14-16(23-19(28(32,33)34)4-2-12-35-23)6-11-20(26)24(36-18-9-7-17(8-10-18)27(29,30)31)37-22(38-26)15-39-13-3-5-21(39)25(40)41/h4,6-11,21H,3,5,13-15H2,1H3,(H,40,41)(H,36,37,38)/t21-,26?/m0/s1. The van der Waals surface area contributed by atoms with E-state index in [0.29, 0.717) is 30.6 Å². The van der Waals surface area contributed by atoms with Gasteiger partial charge < -0.3 is 10.4 Å². The number of fused-ring (bicyclic) bond motifs is 1. The minimum atomic E-state index is -4.68. The molecule has 3 heterocycles. The average Bonchev–Trinajstić information content (AvgIpc) is 3.35. The lowest BCUT2D eigenvalue weighted by Gasteiger charge is -2.37. The number of carbonyl (C=O) groups is 1. The summed E-state index contributed by atoms with van der Waals surface area (Å²) in [4.78, 5) is 26.6. The minimum absolute atomic E-state index is 0.00760. The molecule has 2 aliphatic heterocycles. The number of rotatable bonds is 5. The van der Waals surface area contributed by atoms with E-state index in [2.05, 4.69) is 27.6 Å². The Bertz CT molecular complexity index is 1480. The molecule has 2 N–H and O–H groups in total. The molecule has 5 rings (SSSR count). The van der Waals surface area contributed by atoms with Crippen molar-refractivity contribution in [2.24, 2.45) is 9.98 Å². The number of nitrogens with zero attached hydrogens (tertiary/aromatic N) is 4. The molecule has 0 radical (unpaired) electrons. The number of hydrogen-bond donors (Lipinski definition) is 2. The van der Waals surface area contributed by atoms with Gasteiger partial charge in [-0.3, -0.25) is 14.7 Å². The van der Waals surface area contributed by atoms with Gasteiger partial charge in [0.1, 0.15) is 17.7 Å². The van der Waals surface area contributed by atoms with Crippen molar-refractivity contribution in [1.82, 2.24) is 9.88 Å². The maximum atomic E-state index is 13.7. The van der Waals surface area contributed by atoms with Crippen molar-refractivity contribution in [3.8, 4) is 0 Å². The Balaban J connectivity index is 1.54. The van der Waals surface area contributed by atoms with Gasteiger partial charge in [-0.1, -0.05) is 12.2 Å². The highest BCUT2D eigenvalue weighted by Gasteiger charge is 2.42. The van der Waals surface area contributed by atoms with E-state index in [1.807, 2.05) is 0 Å². The number of aromatic nitrogens is 1. The predicted octanol–water partition coefficient (Wildman–Crippen LogP) is 5.66. The number of nitrogens with one attached hydrogen (secondary N) is 1. The lowest BCUT2D eigenvalue weighted by atomic mass is 9.78. The first kappa shape index (κ1) is 28.4. The number of carboxylic acids is 1. The number of aliphatic imine (C=N–C) groups is 2. The Morgan fingerprint density at radius 3 is 2.54 bits per heavy atom. The number of hydrogen-bond acceptors (Lipinski definition) is 6. The molecule has 41 heavy (non-hydrogen) atoms. The molecule has 1 aromatic carbocycles. The summed E-state index contributed by atoms with van der Waals surface area (Å²) in [6.45, 7) is 2.27. The fourth-order valence-electron chi connectivity index (χ4n) is 5.29. The van der Waals surface area contributed by atoms with Gasteiger partial charge >= 0.3 is 18.3 Å². The summed E-state index contributed by atoms with van der Waals surface area (Å²) in [6, 6.07) is 6.61. The molecule has 7 nitrogen and oxygen atoms in total. The number of allylic oxidation sites excluding steroid dienone is 2. The van der Waals surface area contributed by atoms with E-state index in [-0.39, 0.29) is 35.9 Å². The lowest BCUT2D eigenvalue weighted by Crippen LogP contribution is -2.44. The van der Waals surface area contributed by atoms with Gasteiger partial charge in [-0.05, 0) is 62.2 Å². The van der Waals surface area contributed by atoms with E-state index < -0.39 is 41.0 Å². The third-order valence-corrected chi connectivity index (χ3v) is 7.22. The van der Waals surface area contributed by atoms with Crippen LogP contribution in [0, 0.1) is 12.3 Å². The third kappa shape index (κ3) is 5.83. The van der Waals surface area contributed by atoms with Gasteiger partial charge in [0.25, 0.3) is 0 Å². The van der Waals surface area contributed by atoms with Gasteiger partial charge in [-0.25, -0.2) is 4.99 Å². The number of anilines is 1. The van der Waals surface area contributed by atoms with Crippen molar-refractivity contribution in [2.75, 3.05) is 18.4 Å². The maximum absolute atomic E-state index is 13.7. The summed E-state index contributed by atoms with van der Waals surface area (Å²) in [5, 5.41) is 12.6. The van der Waals surface area contributed by atoms with Gasteiger partial charge in [-0.15, -0.1) is 0 Å². The third-order valence-electron chi connectivity index (χ3n) is 7.22. The van der Waals surface area contributed by atoms with E-state index in [4.69, 9.17) is 4.99 Å². The van der Waals surface area contributed by atoms with Crippen LogP contribution in [0.15, 0.2) is 58.0 Å². The van der Waals surface area contributed by atoms with Gasteiger partial charge in [0.15, 0.2) is 0 Å². The number of benzene rings is 1. The van der Waals surface area contributed by atoms with Crippen LogP contribution in [-0.2, 0) is 17.1 Å². The monoisotopic (exact) mass is 575 g/mol. The molecule has 1 saturated heterocycles. The van der Waals surface area contributed by atoms with Crippen molar-refractivity contribution in [2.45, 2.75) is 50.1 Å². The molecule has 3 aliphatic rings. The second-order valence-electron chi connectivity index (χ2n) is 10.2. The summed E-state index contributed by atoms with van der Waals surface area (Å²) in [5.74, 6) is -0.496. The van der Waals surface area contributed by atoms with Crippen LogP contribution in [-0.4, -0.2) is 57.3 Å². The molecule has 0 amide bonds. The van der Waals surface area contributed by atoms with E-state index >= 15 is 0 Å². The number of aliphatic carboxylic acids is 1. The second-order valence-corrected chi connectivity index (χ2v) is 10.2. The van der Waals surface area contributed by atoms with Crippen molar-refractivity contribution >= 4 is 28.9 Å². The molecule has 0 saturated carbocycles. The second kappa shape index (κ2) is 10.3. The molecule has 0 spiro atoms. The molecule has 1 aliphatic carbocycles. The summed E-state index contributed by atoms with van der Waals surface area (Å²) >= 11 is 0. The Hall–Kier alpha value is -4.18. The van der Waals surface area contributed by atoms with Gasteiger partial charge in [0.05, 0.1) is 28.9 Å². The first-order chi connectivity index (χ1) is 19.2. The topological polar surface area (TPSA) is 90.2 Å². The van der Waals surface area contributed by atoms with Crippen LogP contribution >= 0.6 is 0 Å². The Morgan fingerprint density at radius 1 is 1.15 bits per heavy atom. The largest absolute Gasteiger partial charge is 0.480 e. The molecule has 1 aromatic heterocycles. The highest BCUT2D eigenvalue weighted by atomic mass is 19.4. The molecule has 214 valence electrons. The summed E-state index contributed by atoms with van der Waals surface area (Å²) < 4.78 is 80.4. The van der Waals surface area contributed by atoms with Crippen LogP contribution in [0.2, 0.25) is 0 Å². The minimum Gasteiger partial charge on any atom is -0.480 e. The summed E-state index contributed by atoms with van der Waals surface area (Å²) in [5.41, 5.74) is -2.20. The number of likely N-dealkylation sites (tertiary alicyclic amines) is 1. The van der Waals surface area contributed by atoms with Gasteiger partial charge in [-0.2, -0.15) is 31.3 Å². The van der Waals surface area contributed by atoms with E-state index in [1.54, 1.807) is 17.9 Å². The lowest BCUT2D eigenvalue weighted by molar-refractivity contribution is -0.142. The van der Waals surface area contributed by atoms with Crippen molar-refractivity contribution in [3.05, 3.63) is 77.1 Å². The summed E-state index contributed by atoms with van der Waals surface area (Å²) in [7, 11) is 0. The van der Waals surface area contributed by atoms with Crippen LogP contribution < -0.4 is 5.32 Å². The number of halogens is 6. The number of alkyl halides is 6. The van der Waals surface area contributed by atoms with E-state index in [9.17, 15) is 36.2 Å².